The molecule has 1 aromatic heterocycles. The molecule has 1 saturated heterocycles. The summed E-state index contributed by atoms with van der Waals surface area (Å²) in [4.78, 5) is 41.1. The highest BCUT2D eigenvalue weighted by Crippen LogP contribution is 2.19. The van der Waals surface area contributed by atoms with Crippen LogP contribution in [0.5, 0.6) is 0 Å². The summed E-state index contributed by atoms with van der Waals surface area (Å²) in [6, 6.07) is 8.67. The van der Waals surface area contributed by atoms with Crippen LogP contribution in [-0.4, -0.2) is 60.7 Å². The molecule has 2 heterocycles. The first-order valence-electron chi connectivity index (χ1n) is 12.1. The molecule has 0 radical (unpaired) electrons. The average Bonchev–Trinajstić information content (AvgIpc) is 3.52. The largest absolute Gasteiger partial charge is 0.405 e. The molecule has 3 rings (SSSR count). The SMILES string of the molecule is CCn1c(=C=C(C#N)C(=O)NCC(F)(F)F)sc(=C=CNc2cccc(N(C)C(=O)CN3CCCC3)c2)c1=O. The Balaban J connectivity index is 1.85. The van der Waals surface area contributed by atoms with Crippen molar-refractivity contribution in [3.05, 3.63) is 55.6 Å². The van der Waals surface area contributed by atoms with Gasteiger partial charge in [0.2, 0.25) is 5.91 Å². The van der Waals surface area contributed by atoms with Crippen LogP contribution in [0.1, 0.15) is 19.8 Å². The van der Waals surface area contributed by atoms with Crippen molar-refractivity contribution in [3.63, 3.8) is 0 Å². The second-order valence-corrected chi connectivity index (χ2v) is 9.61. The molecule has 39 heavy (non-hydrogen) atoms. The molecule has 1 aromatic carbocycles. The fourth-order valence-electron chi connectivity index (χ4n) is 3.76. The normalized spacial score (nSPS) is 13.1. The molecule has 0 spiro atoms. The number of hydrogen-bond acceptors (Lipinski definition) is 7. The van der Waals surface area contributed by atoms with E-state index in [1.165, 1.54) is 16.8 Å². The average molecular weight is 561 g/mol. The van der Waals surface area contributed by atoms with Crippen LogP contribution in [0, 0.1) is 11.3 Å². The number of amides is 2. The minimum Gasteiger partial charge on any atom is -0.355 e. The maximum absolute atomic E-state index is 12.8. The lowest BCUT2D eigenvalue weighted by Crippen LogP contribution is -2.37. The van der Waals surface area contributed by atoms with Crippen LogP contribution < -0.4 is 30.3 Å². The van der Waals surface area contributed by atoms with Crippen molar-refractivity contribution in [1.29, 1.82) is 5.26 Å². The number of carbonyl (C=O) groups excluding carboxylic acids is 2. The highest BCUT2D eigenvalue weighted by molar-refractivity contribution is 7.07. The number of rotatable bonds is 8. The fraction of sp³-hybridized carbons (Fsp3) is 0.385. The van der Waals surface area contributed by atoms with Gasteiger partial charge in [0.25, 0.3) is 11.5 Å². The number of hydrogen-bond donors (Lipinski definition) is 2. The molecule has 0 saturated carbocycles. The van der Waals surface area contributed by atoms with E-state index in [9.17, 15) is 32.8 Å². The standard InChI is InChI=1S/C26H27F3N6O3S/c1-3-35-23(13-18(15-30)24(37)32-17-26(27,28)29)39-21(25(35)38)9-10-31-19-7-6-8-20(14-19)33(2)22(36)16-34-11-4-5-12-34/h6-8,10,14,31H,3-5,11-12,16-17H2,1-2H3,(H,32,37). The predicted octanol–water partition coefficient (Wildman–Crippen LogP) is 1.50. The van der Waals surface area contributed by atoms with E-state index in [-0.39, 0.29) is 21.6 Å². The lowest BCUT2D eigenvalue weighted by Gasteiger charge is -2.21. The molecular weight excluding hydrogens is 533 g/mol. The van der Waals surface area contributed by atoms with Crippen molar-refractivity contribution >= 4 is 46.0 Å². The van der Waals surface area contributed by atoms with Crippen LogP contribution in [0.25, 0.3) is 11.5 Å². The van der Waals surface area contributed by atoms with E-state index in [4.69, 9.17) is 0 Å². The monoisotopic (exact) mass is 560 g/mol. The topological polar surface area (TPSA) is 110 Å². The molecule has 2 N–H and O–H groups in total. The molecule has 2 aromatic rings. The second kappa shape index (κ2) is 13.1. The first-order valence-corrected chi connectivity index (χ1v) is 12.9. The van der Waals surface area contributed by atoms with Crippen LogP contribution in [0.15, 0.2) is 40.8 Å². The summed E-state index contributed by atoms with van der Waals surface area (Å²) >= 11 is 0.883. The summed E-state index contributed by atoms with van der Waals surface area (Å²) in [7, 11) is 1.71. The van der Waals surface area contributed by atoms with Crippen molar-refractivity contribution in [2.24, 2.45) is 0 Å². The zero-order valence-corrected chi connectivity index (χ0v) is 22.2. The van der Waals surface area contributed by atoms with Gasteiger partial charge < -0.3 is 15.5 Å². The number of nitriles is 1. The van der Waals surface area contributed by atoms with Gasteiger partial charge in [0.1, 0.15) is 21.8 Å². The number of benzene rings is 1. The third-order valence-corrected chi connectivity index (χ3v) is 6.84. The number of anilines is 2. The quantitative estimate of drug-likeness (QED) is 0.374. The third-order valence-electron chi connectivity index (χ3n) is 5.83. The highest BCUT2D eigenvalue weighted by atomic mass is 32.1. The number of nitrogens with one attached hydrogen (secondary N) is 2. The molecule has 1 fully saturated rings. The van der Waals surface area contributed by atoms with E-state index in [1.807, 2.05) is 6.07 Å². The molecule has 2 amide bonds. The Morgan fingerprint density at radius 3 is 2.62 bits per heavy atom. The maximum Gasteiger partial charge on any atom is 0.405 e. The molecular formula is C26H27F3N6O3S. The van der Waals surface area contributed by atoms with Gasteiger partial charge in [-0.3, -0.25) is 23.9 Å². The maximum atomic E-state index is 12.8. The first kappa shape index (κ1) is 29.5. The lowest BCUT2D eigenvalue weighted by molar-refractivity contribution is -0.136. The smallest absolute Gasteiger partial charge is 0.355 e. The van der Waals surface area contributed by atoms with Crippen LogP contribution >= 0.6 is 11.3 Å². The predicted molar refractivity (Wildman–Crippen MR) is 142 cm³/mol. The van der Waals surface area contributed by atoms with Crippen LogP contribution in [-0.2, 0) is 16.1 Å². The Hall–Kier alpha value is -4.07. The van der Waals surface area contributed by atoms with E-state index >= 15 is 0 Å². The number of likely N-dealkylation sites (N-methyl/N-ethyl adjacent to an activating group) is 1. The third kappa shape index (κ3) is 8.21. The molecule has 0 unspecified atom stereocenters. The van der Waals surface area contributed by atoms with Gasteiger partial charge in [0.15, 0.2) is 5.57 Å². The molecule has 13 heteroatoms. The van der Waals surface area contributed by atoms with Gasteiger partial charge in [-0.05, 0) is 51.1 Å². The Morgan fingerprint density at radius 1 is 1.26 bits per heavy atom. The minimum absolute atomic E-state index is 0.0180. The molecule has 0 aliphatic carbocycles. The summed E-state index contributed by atoms with van der Waals surface area (Å²) in [6.07, 6.45) is -1.03. The van der Waals surface area contributed by atoms with Crippen molar-refractivity contribution in [1.82, 2.24) is 14.8 Å². The Morgan fingerprint density at radius 2 is 1.97 bits per heavy atom. The Labute approximate surface area is 226 Å². The van der Waals surface area contributed by atoms with Gasteiger partial charge in [-0.25, -0.2) is 0 Å². The summed E-state index contributed by atoms with van der Waals surface area (Å²) in [6.45, 7) is 2.44. The van der Waals surface area contributed by atoms with E-state index in [0.29, 0.717) is 17.9 Å². The molecule has 9 nitrogen and oxygen atoms in total. The Bertz CT molecular complexity index is 1520. The molecule has 0 atom stereocenters. The fourth-order valence-corrected chi connectivity index (χ4v) is 4.75. The number of likely N-dealkylation sites (tertiary alicyclic amines) is 1. The van der Waals surface area contributed by atoms with E-state index < -0.39 is 29.8 Å². The number of thiazole rings is 1. The zero-order chi connectivity index (χ0) is 28.6. The van der Waals surface area contributed by atoms with Gasteiger partial charge >= 0.3 is 6.18 Å². The van der Waals surface area contributed by atoms with Crippen LogP contribution in [0.2, 0.25) is 0 Å². The highest BCUT2D eigenvalue weighted by Gasteiger charge is 2.28. The van der Waals surface area contributed by atoms with Crippen LogP contribution in [0.4, 0.5) is 24.5 Å². The molecule has 0 bridgehead atoms. The van der Waals surface area contributed by atoms with Crippen molar-refractivity contribution in [3.8, 4) is 6.07 Å². The molecule has 206 valence electrons. The lowest BCUT2D eigenvalue weighted by atomic mass is 10.2. The summed E-state index contributed by atoms with van der Waals surface area (Å²) in [5.74, 6) is -1.26. The number of carbonyl (C=O) groups is 2. The van der Waals surface area contributed by atoms with Crippen molar-refractivity contribution < 1.29 is 22.8 Å². The van der Waals surface area contributed by atoms with Gasteiger partial charge in [0, 0.05) is 31.2 Å². The summed E-state index contributed by atoms with van der Waals surface area (Å²) in [5, 5.41) is 13.8. The van der Waals surface area contributed by atoms with Crippen molar-refractivity contribution in [2.45, 2.75) is 32.5 Å². The van der Waals surface area contributed by atoms with Gasteiger partial charge in [-0.2, -0.15) is 18.4 Å². The zero-order valence-electron chi connectivity index (χ0n) is 21.4. The number of alkyl halides is 3. The second-order valence-electron chi connectivity index (χ2n) is 8.61. The number of halogens is 3. The number of nitrogens with zero attached hydrogens (tertiary/aromatic N) is 4. The summed E-state index contributed by atoms with van der Waals surface area (Å²) in [5.41, 5.74) is 5.47. The first-order chi connectivity index (χ1) is 18.5. The minimum atomic E-state index is -4.64. The van der Waals surface area contributed by atoms with E-state index in [1.54, 1.807) is 42.4 Å². The number of aromatic nitrogens is 1. The van der Waals surface area contributed by atoms with Gasteiger partial charge in [0.05, 0.1) is 6.54 Å². The Kier molecular flexibility index (Phi) is 9.93. The van der Waals surface area contributed by atoms with Gasteiger partial charge in [-0.15, -0.1) is 0 Å². The van der Waals surface area contributed by atoms with Gasteiger partial charge in [-0.1, -0.05) is 28.9 Å². The summed E-state index contributed by atoms with van der Waals surface area (Å²) < 4.78 is 38.6. The van der Waals surface area contributed by atoms with E-state index in [0.717, 1.165) is 37.3 Å². The molecule has 1 aliphatic rings. The van der Waals surface area contributed by atoms with Crippen LogP contribution in [0.3, 0.4) is 0 Å². The van der Waals surface area contributed by atoms with Crippen molar-refractivity contribution in [2.75, 3.05) is 43.4 Å². The van der Waals surface area contributed by atoms with E-state index in [2.05, 4.69) is 21.7 Å². The molecule has 1 aliphatic heterocycles.